The van der Waals surface area contributed by atoms with Gasteiger partial charge in [0.05, 0.1) is 23.5 Å². The summed E-state index contributed by atoms with van der Waals surface area (Å²) in [5.41, 5.74) is 6.27. The zero-order valence-corrected chi connectivity index (χ0v) is 9.22. The molecule has 0 aliphatic heterocycles. The summed E-state index contributed by atoms with van der Waals surface area (Å²) in [6, 6.07) is 4.13. The second-order valence-electron chi connectivity index (χ2n) is 3.73. The van der Waals surface area contributed by atoms with Gasteiger partial charge in [0, 0.05) is 12.4 Å². The molecule has 1 heterocycles. The van der Waals surface area contributed by atoms with Gasteiger partial charge in [-0.2, -0.15) is 13.2 Å². The number of nitrogens with zero attached hydrogens (tertiary/aromatic N) is 2. The van der Waals surface area contributed by atoms with Crippen LogP contribution in [0, 0.1) is 0 Å². The van der Waals surface area contributed by atoms with Gasteiger partial charge in [-0.25, -0.2) is 0 Å². The molecule has 2 N–H and O–H groups in total. The van der Waals surface area contributed by atoms with Crippen molar-refractivity contribution in [1.29, 1.82) is 0 Å². The van der Waals surface area contributed by atoms with Crippen LogP contribution in [0.25, 0.3) is 0 Å². The summed E-state index contributed by atoms with van der Waals surface area (Å²) in [6.07, 6.45) is 0.139. The summed E-state index contributed by atoms with van der Waals surface area (Å²) in [5, 5.41) is 0. The zero-order chi connectivity index (χ0) is 13.2. The van der Waals surface area contributed by atoms with E-state index >= 15 is 0 Å². The molecule has 6 heteroatoms. The van der Waals surface area contributed by atoms with Crippen LogP contribution in [0.3, 0.4) is 0 Å². The van der Waals surface area contributed by atoms with Crippen molar-refractivity contribution >= 4 is 0 Å². The highest BCUT2D eigenvalue weighted by molar-refractivity contribution is 5.30. The molecule has 1 atom stereocenters. The molecule has 0 aliphatic rings. The fourth-order valence-corrected chi connectivity index (χ4v) is 1.52. The Morgan fingerprint density at radius 1 is 1.06 bits per heavy atom. The molecule has 2 aromatic rings. The van der Waals surface area contributed by atoms with E-state index in [0.717, 1.165) is 12.1 Å². The van der Waals surface area contributed by atoms with Crippen molar-refractivity contribution in [3.63, 3.8) is 0 Å². The van der Waals surface area contributed by atoms with Crippen LogP contribution in [-0.4, -0.2) is 9.97 Å². The van der Waals surface area contributed by atoms with Crippen LogP contribution in [0.5, 0.6) is 0 Å². The highest BCUT2D eigenvalue weighted by Gasteiger charge is 2.30. The Bertz CT molecular complexity index is 508. The summed E-state index contributed by atoms with van der Waals surface area (Å²) >= 11 is 0. The van der Waals surface area contributed by atoms with Crippen molar-refractivity contribution in [2.75, 3.05) is 0 Å². The van der Waals surface area contributed by atoms with Crippen molar-refractivity contribution in [2.45, 2.75) is 12.2 Å². The molecule has 18 heavy (non-hydrogen) atoms. The minimum absolute atomic E-state index is 0.511. The van der Waals surface area contributed by atoms with E-state index in [4.69, 9.17) is 5.73 Å². The van der Waals surface area contributed by atoms with Crippen LogP contribution < -0.4 is 5.73 Å². The molecule has 0 spiro atoms. The van der Waals surface area contributed by atoms with E-state index < -0.39 is 17.8 Å². The lowest BCUT2D eigenvalue weighted by atomic mass is 10.0. The van der Waals surface area contributed by atoms with Gasteiger partial charge in [-0.15, -0.1) is 0 Å². The third-order valence-corrected chi connectivity index (χ3v) is 2.50. The quantitative estimate of drug-likeness (QED) is 0.894. The summed E-state index contributed by atoms with van der Waals surface area (Å²) in [4.78, 5) is 7.88. The summed E-state index contributed by atoms with van der Waals surface area (Å²) < 4.78 is 37.2. The molecule has 1 aromatic carbocycles. The Morgan fingerprint density at radius 2 is 1.72 bits per heavy atom. The van der Waals surface area contributed by atoms with E-state index in [1.54, 1.807) is 0 Å². The maximum Gasteiger partial charge on any atom is 0.416 e. The number of halogens is 3. The molecular formula is C12H10F3N3. The number of nitrogens with two attached hydrogens (primary N) is 1. The normalized spacial score (nSPS) is 13.3. The first-order chi connectivity index (χ1) is 8.48. The molecule has 1 aromatic heterocycles. The second kappa shape index (κ2) is 4.73. The van der Waals surface area contributed by atoms with Gasteiger partial charge in [0.1, 0.15) is 0 Å². The van der Waals surface area contributed by atoms with Crippen molar-refractivity contribution < 1.29 is 13.2 Å². The van der Waals surface area contributed by atoms with Crippen LogP contribution in [0.4, 0.5) is 13.2 Å². The third-order valence-electron chi connectivity index (χ3n) is 2.50. The van der Waals surface area contributed by atoms with Crippen LogP contribution in [0.1, 0.15) is 22.9 Å². The highest BCUT2D eigenvalue weighted by atomic mass is 19.4. The van der Waals surface area contributed by atoms with Gasteiger partial charge in [0.15, 0.2) is 0 Å². The molecule has 0 saturated heterocycles. The predicted octanol–water partition coefficient (Wildman–Crippen LogP) is 2.54. The molecule has 0 radical (unpaired) electrons. The van der Waals surface area contributed by atoms with E-state index in [-0.39, 0.29) is 0 Å². The van der Waals surface area contributed by atoms with Crippen molar-refractivity contribution in [1.82, 2.24) is 9.97 Å². The fourth-order valence-electron chi connectivity index (χ4n) is 1.52. The Hall–Kier alpha value is -1.95. The van der Waals surface area contributed by atoms with Gasteiger partial charge in [-0.3, -0.25) is 9.97 Å². The van der Waals surface area contributed by atoms with E-state index in [0.29, 0.717) is 11.3 Å². The van der Waals surface area contributed by atoms with Gasteiger partial charge in [0.25, 0.3) is 0 Å². The lowest BCUT2D eigenvalue weighted by molar-refractivity contribution is -0.137. The van der Waals surface area contributed by atoms with Gasteiger partial charge in [0.2, 0.25) is 0 Å². The molecular weight excluding hydrogens is 243 g/mol. The number of hydrogen-bond donors (Lipinski definition) is 1. The van der Waals surface area contributed by atoms with Gasteiger partial charge in [-0.1, -0.05) is 12.1 Å². The van der Waals surface area contributed by atoms with E-state index in [1.165, 1.54) is 30.7 Å². The monoisotopic (exact) mass is 253 g/mol. The standard InChI is InChI=1S/C12H10F3N3/c13-12(14,15)9-3-1-8(2-4-9)11(16)10-7-17-5-6-18-10/h1-7,11H,16H2. The first-order valence-corrected chi connectivity index (χ1v) is 5.17. The van der Waals surface area contributed by atoms with E-state index in [1.807, 2.05) is 0 Å². The molecule has 0 saturated carbocycles. The first-order valence-electron chi connectivity index (χ1n) is 5.17. The average molecular weight is 253 g/mol. The number of rotatable bonds is 2. The molecule has 0 amide bonds. The molecule has 3 nitrogen and oxygen atoms in total. The van der Waals surface area contributed by atoms with Crippen LogP contribution in [-0.2, 0) is 6.18 Å². The van der Waals surface area contributed by atoms with Crippen LogP contribution >= 0.6 is 0 Å². The van der Waals surface area contributed by atoms with Crippen molar-refractivity contribution in [3.05, 3.63) is 59.7 Å². The van der Waals surface area contributed by atoms with Crippen LogP contribution in [0.15, 0.2) is 42.9 Å². The second-order valence-corrected chi connectivity index (χ2v) is 3.73. The smallest absolute Gasteiger partial charge is 0.319 e. The zero-order valence-electron chi connectivity index (χ0n) is 9.22. The molecule has 0 aliphatic carbocycles. The highest BCUT2D eigenvalue weighted by Crippen LogP contribution is 2.30. The molecule has 0 bridgehead atoms. The lowest BCUT2D eigenvalue weighted by Crippen LogP contribution is -2.14. The Kier molecular flexibility index (Phi) is 3.29. The van der Waals surface area contributed by atoms with Gasteiger partial charge < -0.3 is 5.73 Å². The third kappa shape index (κ3) is 2.65. The summed E-state index contributed by atoms with van der Waals surface area (Å²) in [5.74, 6) is 0. The van der Waals surface area contributed by atoms with Gasteiger partial charge >= 0.3 is 6.18 Å². The largest absolute Gasteiger partial charge is 0.416 e. The number of benzene rings is 1. The lowest BCUT2D eigenvalue weighted by Gasteiger charge is -2.12. The molecule has 94 valence electrons. The van der Waals surface area contributed by atoms with Crippen molar-refractivity contribution in [2.24, 2.45) is 5.73 Å². The average Bonchev–Trinajstić information content (AvgIpc) is 2.38. The number of hydrogen-bond acceptors (Lipinski definition) is 3. The maximum atomic E-state index is 12.4. The first kappa shape index (κ1) is 12.5. The van der Waals surface area contributed by atoms with Crippen molar-refractivity contribution in [3.8, 4) is 0 Å². The molecule has 2 rings (SSSR count). The minimum atomic E-state index is -4.34. The SMILES string of the molecule is NC(c1ccc(C(F)(F)F)cc1)c1cnccn1. The molecule has 0 fully saturated rings. The van der Waals surface area contributed by atoms with E-state index in [2.05, 4.69) is 9.97 Å². The van der Waals surface area contributed by atoms with E-state index in [9.17, 15) is 13.2 Å². The Labute approximate surface area is 101 Å². The minimum Gasteiger partial charge on any atom is -0.319 e. The number of alkyl halides is 3. The number of aromatic nitrogens is 2. The maximum absolute atomic E-state index is 12.4. The Balaban J connectivity index is 2.25. The fraction of sp³-hybridized carbons (Fsp3) is 0.167. The Morgan fingerprint density at radius 3 is 2.22 bits per heavy atom. The van der Waals surface area contributed by atoms with Gasteiger partial charge in [-0.05, 0) is 17.7 Å². The summed E-state index contributed by atoms with van der Waals surface area (Å²) in [7, 11) is 0. The predicted molar refractivity (Wildman–Crippen MR) is 59.5 cm³/mol. The van der Waals surface area contributed by atoms with Crippen LogP contribution in [0.2, 0.25) is 0 Å². The topological polar surface area (TPSA) is 51.8 Å². The molecule has 1 unspecified atom stereocenters. The summed E-state index contributed by atoms with van der Waals surface area (Å²) in [6.45, 7) is 0.